The number of nitrogens with one attached hydrogen (secondary N) is 1. The summed E-state index contributed by atoms with van der Waals surface area (Å²) in [7, 11) is 0. The summed E-state index contributed by atoms with van der Waals surface area (Å²) in [5.74, 6) is 0. The van der Waals surface area contributed by atoms with E-state index >= 15 is 0 Å². The highest BCUT2D eigenvalue weighted by molar-refractivity contribution is 8.03. The second-order valence-electron chi connectivity index (χ2n) is 4.36. The zero-order chi connectivity index (χ0) is 15.1. The zero-order valence-corrected chi connectivity index (χ0v) is 12.3. The molecule has 21 heavy (non-hydrogen) atoms. The van der Waals surface area contributed by atoms with Crippen molar-refractivity contribution in [2.45, 2.75) is 18.4 Å². The van der Waals surface area contributed by atoms with Crippen molar-refractivity contribution in [1.29, 1.82) is 5.26 Å². The predicted octanol–water partition coefficient (Wildman–Crippen LogP) is 4.32. The van der Waals surface area contributed by atoms with E-state index in [1.54, 1.807) is 12.1 Å². The van der Waals surface area contributed by atoms with Gasteiger partial charge in [0.15, 0.2) is 0 Å². The van der Waals surface area contributed by atoms with Gasteiger partial charge in [0.1, 0.15) is 12.0 Å². The molecule has 0 bridgehead atoms. The van der Waals surface area contributed by atoms with Gasteiger partial charge in [0.05, 0.1) is 0 Å². The molecule has 1 amide bonds. The van der Waals surface area contributed by atoms with E-state index in [9.17, 15) is 4.79 Å². The van der Waals surface area contributed by atoms with Gasteiger partial charge in [-0.1, -0.05) is 30.3 Å². The number of carbonyl (C=O) groups is 1. The number of aryl methyl sites for hydroxylation is 1. The Kier molecular flexibility index (Phi) is 5.24. The molecule has 4 nitrogen and oxygen atoms in total. The lowest BCUT2D eigenvalue weighted by Crippen LogP contribution is -2.14. The fraction of sp³-hybridized carbons (Fsp3) is 0.125. The number of hydrogen-bond acceptors (Lipinski definition) is 4. The van der Waals surface area contributed by atoms with Gasteiger partial charge in [-0.25, -0.2) is 4.79 Å². The largest absolute Gasteiger partial charge is 0.444 e. The van der Waals surface area contributed by atoms with Gasteiger partial charge in [-0.2, -0.15) is 5.26 Å². The molecule has 0 aliphatic carbocycles. The van der Waals surface area contributed by atoms with Crippen LogP contribution in [0, 0.1) is 17.6 Å². The minimum absolute atomic E-state index is 0.230. The maximum absolute atomic E-state index is 11.8. The fourth-order valence-electron chi connectivity index (χ4n) is 1.76. The number of benzene rings is 2. The summed E-state index contributed by atoms with van der Waals surface area (Å²) in [6, 6.07) is 14.9. The molecule has 0 atom stereocenters. The van der Waals surface area contributed by atoms with Crippen LogP contribution in [0.3, 0.4) is 0 Å². The summed E-state index contributed by atoms with van der Waals surface area (Å²) in [6.07, 6.45) is -0.498. The molecule has 0 fully saturated rings. The highest BCUT2D eigenvalue weighted by Crippen LogP contribution is 2.23. The van der Waals surface area contributed by atoms with E-state index in [1.807, 2.05) is 48.7 Å². The Balaban J connectivity index is 1.92. The number of nitriles is 1. The highest BCUT2D eigenvalue weighted by atomic mass is 32.2. The molecule has 0 saturated carbocycles. The summed E-state index contributed by atoms with van der Waals surface area (Å²) in [4.78, 5) is 12.6. The number of ether oxygens (including phenoxy) is 1. The fourth-order valence-corrected chi connectivity index (χ4v) is 2.24. The number of thioether (sulfide) groups is 1. The molecule has 2 rings (SSSR count). The van der Waals surface area contributed by atoms with Crippen LogP contribution in [0.4, 0.5) is 10.5 Å². The zero-order valence-electron chi connectivity index (χ0n) is 11.5. The monoisotopic (exact) mass is 298 g/mol. The van der Waals surface area contributed by atoms with Crippen LogP contribution < -0.4 is 5.32 Å². The third-order valence-electron chi connectivity index (χ3n) is 2.81. The first-order valence-corrected chi connectivity index (χ1v) is 7.15. The molecule has 0 spiro atoms. The van der Waals surface area contributed by atoms with Crippen LogP contribution in [0.15, 0.2) is 53.4 Å². The lowest BCUT2D eigenvalue weighted by atomic mass is 10.2. The predicted molar refractivity (Wildman–Crippen MR) is 82.9 cm³/mol. The van der Waals surface area contributed by atoms with Gasteiger partial charge in [-0.15, -0.1) is 0 Å². The van der Waals surface area contributed by atoms with Crippen LogP contribution in [0.2, 0.25) is 0 Å². The van der Waals surface area contributed by atoms with Gasteiger partial charge < -0.3 is 4.74 Å². The van der Waals surface area contributed by atoms with Crippen LogP contribution in [0.25, 0.3) is 0 Å². The Morgan fingerprint density at radius 2 is 2.05 bits per heavy atom. The summed E-state index contributed by atoms with van der Waals surface area (Å²) in [5.41, 5.74) is 2.49. The van der Waals surface area contributed by atoms with Gasteiger partial charge in [0.2, 0.25) is 0 Å². The van der Waals surface area contributed by atoms with Crippen molar-refractivity contribution in [2.24, 2.45) is 0 Å². The normalized spacial score (nSPS) is 9.71. The third-order valence-corrected chi connectivity index (χ3v) is 3.39. The first-order chi connectivity index (χ1) is 10.2. The van der Waals surface area contributed by atoms with Crippen LogP contribution >= 0.6 is 11.8 Å². The van der Waals surface area contributed by atoms with E-state index in [0.29, 0.717) is 5.69 Å². The molecular formula is C16H14N2O2S. The number of carbonyl (C=O) groups excluding carboxylic acids is 1. The maximum Gasteiger partial charge on any atom is 0.411 e. The Bertz CT molecular complexity index is 666. The van der Waals surface area contributed by atoms with Crippen molar-refractivity contribution in [3.8, 4) is 5.40 Å². The first kappa shape index (κ1) is 14.9. The molecule has 0 aliphatic rings. The number of hydrogen-bond donors (Lipinski definition) is 1. The third kappa shape index (κ3) is 4.55. The molecule has 1 N–H and O–H groups in total. The topological polar surface area (TPSA) is 62.1 Å². The second kappa shape index (κ2) is 7.36. The van der Waals surface area contributed by atoms with E-state index in [1.165, 1.54) is 0 Å². The molecule has 0 unspecified atom stereocenters. The molecule has 106 valence electrons. The molecule has 5 heteroatoms. The van der Waals surface area contributed by atoms with Gasteiger partial charge in [0, 0.05) is 10.6 Å². The van der Waals surface area contributed by atoms with Crippen LogP contribution in [-0.4, -0.2) is 6.09 Å². The van der Waals surface area contributed by atoms with Gasteiger partial charge in [0.25, 0.3) is 0 Å². The number of anilines is 1. The molecular weight excluding hydrogens is 284 g/mol. The quantitative estimate of drug-likeness (QED) is 0.674. The number of amides is 1. The average molecular weight is 298 g/mol. The summed E-state index contributed by atoms with van der Waals surface area (Å²) in [5, 5.41) is 13.3. The van der Waals surface area contributed by atoms with E-state index in [4.69, 9.17) is 10.00 Å². The molecule has 0 heterocycles. The van der Waals surface area contributed by atoms with Crippen molar-refractivity contribution in [3.05, 3.63) is 59.7 Å². The van der Waals surface area contributed by atoms with Crippen LogP contribution in [0.1, 0.15) is 11.1 Å². The first-order valence-electron chi connectivity index (χ1n) is 6.33. The second-order valence-corrected chi connectivity index (χ2v) is 5.21. The van der Waals surface area contributed by atoms with Gasteiger partial charge in [-0.05, 0) is 48.0 Å². The smallest absolute Gasteiger partial charge is 0.411 e. The van der Waals surface area contributed by atoms with Crippen molar-refractivity contribution >= 4 is 23.5 Å². The molecule has 0 saturated heterocycles. The lowest BCUT2D eigenvalue weighted by molar-refractivity contribution is 0.155. The van der Waals surface area contributed by atoms with Crippen LogP contribution in [-0.2, 0) is 11.3 Å². The summed E-state index contributed by atoms with van der Waals surface area (Å²) >= 11 is 1.09. The molecule has 2 aromatic carbocycles. The van der Waals surface area contributed by atoms with E-state index in [-0.39, 0.29) is 6.61 Å². The molecule has 2 aromatic rings. The highest BCUT2D eigenvalue weighted by Gasteiger charge is 2.07. The Morgan fingerprint density at radius 3 is 2.71 bits per heavy atom. The minimum Gasteiger partial charge on any atom is -0.444 e. The SMILES string of the molecule is Cc1cc(SC#N)ccc1NC(=O)OCc1ccccc1. The average Bonchev–Trinajstić information content (AvgIpc) is 2.49. The number of nitrogens with zero attached hydrogens (tertiary/aromatic N) is 1. The van der Waals surface area contributed by atoms with Crippen molar-refractivity contribution < 1.29 is 9.53 Å². The van der Waals surface area contributed by atoms with Crippen molar-refractivity contribution in [3.63, 3.8) is 0 Å². The van der Waals surface area contributed by atoms with E-state index < -0.39 is 6.09 Å². The maximum atomic E-state index is 11.8. The number of thiocyanates is 1. The van der Waals surface area contributed by atoms with E-state index in [0.717, 1.165) is 27.8 Å². The Labute approximate surface area is 127 Å². The minimum atomic E-state index is -0.498. The van der Waals surface area contributed by atoms with Crippen molar-refractivity contribution in [1.82, 2.24) is 0 Å². The Hall–Kier alpha value is -2.45. The van der Waals surface area contributed by atoms with Crippen LogP contribution in [0.5, 0.6) is 0 Å². The van der Waals surface area contributed by atoms with E-state index in [2.05, 4.69) is 5.32 Å². The molecule has 0 aliphatic heterocycles. The molecule has 0 radical (unpaired) electrons. The number of rotatable bonds is 4. The van der Waals surface area contributed by atoms with Gasteiger partial charge >= 0.3 is 6.09 Å². The molecule has 0 aromatic heterocycles. The summed E-state index contributed by atoms with van der Waals surface area (Å²) in [6.45, 7) is 2.10. The standard InChI is InChI=1S/C16H14N2O2S/c1-12-9-14(21-11-17)7-8-15(12)18-16(19)20-10-13-5-3-2-4-6-13/h2-9H,10H2,1H3,(H,18,19). The lowest BCUT2D eigenvalue weighted by Gasteiger charge is -2.10. The van der Waals surface area contributed by atoms with Gasteiger partial charge in [-0.3, -0.25) is 5.32 Å². The Morgan fingerprint density at radius 1 is 1.29 bits per heavy atom. The van der Waals surface area contributed by atoms with Crippen molar-refractivity contribution in [2.75, 3.05) is 5.32 Å². The summed E-state index contributed by atoms with van der Waals surface area (Å²) < 4.78 is 5.16.